The molecule has 5 heteroatoms. The minimum absolute atomic E-state index is 0.00653. The Balaban J connectivity index is 1.45. The average molecular weight is 426 g/mol. The van der Waals surface area contributed by atoms with Crippen LogP contribution < -0.4 is 10.2 Å². The van der Waals surface area contributed by atoms with Crippen molar-refractivity contribution in [1.82, 2.24) is 4.90 Å². The summed E-state index contributed by atoms with van der Waals surface area (Å²) in [6.07, 6.45) is 1.43. The molecule has 0 bridgehead atoms. The van der Waals surface area contributed by atoms with Crippen LogP contribution in [0.3, 0.4) is 0 Å². The number of rotatable bonds is 5. The summed E-state index contributed by atoms with van der Waals surface area (Å²) in [5.41, 5.74) is 3.48. The van der Waals surface area contributed by atoms with Gasteiger partial charge in [-0.3, -0.25) is 9.69 Å². The Kier molecular flexibility index (Phi) is 5.14. The minimum atomic E-state index is -0.154. The summed E-state index contributed by atoms with van der Waals surface area (Å²) < 4.78 is 12.5. The zero-order chi connectivity index (χ0) is 18.8. The molecule has 1 aliphatic heterocycles. The van der Waals surface area contributed by atoms with E-state index in [1.54, 1.807) is 6.07 Å². The lowest BCUT2D eigenvalue weighted by Gasteiger charge is -2.22. The molecule has 0 fully saturated rings. The Bertz CT molecular complexity index is 1000. The Morgan fingerprint density at radius 3 is 2.67 bits per heavy atom. The van der Waals surface area contributed by atoms with Gasteiger partial charge in [0, 0.05) is 23.6 Å². The van der Waals surface area contributed by atoms with Gasteiger partial charge in [0.1, 0.15) is 18.6 Å². The number of benzene rings is 2. The minimum Gasteiger partial charge on any atom is -0.482 e. The first-order chi connectivity index (χ1) is 13.1. The van der Waals surface area contributed by atoms with E-state index in [9.17, 15) is 4.79 Å². The molecule has 4 nitrogen and oxygen atoms in total. The first-order valence-corrected chi connectivity index (χ1v) is 9.70. The normalized spacial score (nSPS) is 14.7. The van der Waals surface area contributed by atoms with E-state index in [0.717, 1.165) is 23.1 Å². The van der Waals surface area contributed by atoms with Crippen LogP contribution in [0, 0.1) is 0 Å². The third-order valence-electron chi connectivity index (χ3n) is 4.93. The molecular formula is C22H20BrNO3. The fraction of sp³-hybridized carbons (Fsp3) is 0.227. The van der Waals surface area contributed by atoms with Gasteiger partial charge in [0.2, 0.25) is 11.2 Å². The standard InChI is InChI=1S/C22H20BrNO3/c1-15(24-11-17-7-8-19(23)9-18(17)12-24)21-10-20(25)22(14-27-21)26-13-16-5-3-2-4-6-16/h2-10,14-15H,11-13H2,1H3. The van der Waals surface area contributed by atoms with Gasteiger partial charge in [-0.2, -0.15) is 0 Å². The first-order valence-electron chi connectivity index (χ1n) is 8.91. The van der Waals surface area contributed by atoms with Crippen LogP contribution >= 0.6 is 15.9 Å². The first kappa shape index (κ1) is 18.0. The molecule has 0 N–H and O–H groups in total. The quantitative estimate of drug-likeness (QED) is 0.572. The summed E-state index contributed by atoms with van der Waals surface area (Å²) in [5.74, 6) is 0.891. The molecule has 1 aliphatic rings. The summed E-state index contributed by atoms with van der Waals surface area (Å²) in [6, 6.07) is 17.7. The zero-order valence-electron chi connectivity index (χ0n) is 15.0. The lowest BCUT2D eigenvalue weighted by molar-refractivity contribution is 0.185. The second kappa shape index (κ2) is 7.71. The molecule has 0 aliphatic carbocycles. The summed E-state index contributed by atoms with van der Waals surface area (Å²) in [5, 5.41) is 0. The molecule has 0 saturated carbocycles. The van der Waals surface area contributed by atoms with Crippen molar-refractivity contribution >= 4 is 15.9 Å². The van der Waals surface area contributed by atoms with Crippen LogP contribution in [0.1, 0.15) is 35.4 Å². The molecule has 27 heavy (non-hydrogen) atoms. The van der Waals surface area contributed by atoms with Gasteiger partial charge in [-0.15, -0.1) is 0 Å². The van der Waals surface area contributed by atoms with Crippen molar-refractivity contribution in [2.45, 2.75) is 32.7 Å². The predicted octanol–water partition coefficient (Wildman–Crippen LogP) is 5.06. The van der Waals surface area contributed by atoms with Gasteiger partial charge in [-0.05, 0) is 35.7 Å². The van der Waals surface area contributed by atoms with E-state index < -0.39 is 0 Å². The van der Waals surface area contributed by atoms with Crippen molar-refractivity contribution in [2.75, 3.05) is 0 Å². The van der Waals surface area contributed by atoms with Gasteiger partial charge >= 0.3 is 0 Å². The van der Waals surface area contributed by atoms with Crippen molar-refractivity contribution < 1.29 is 9.15 Å². The molecule has 0 spiro atoms. The smallest absolute Gasteiger partial charge is 0.227 e. The number of nitrogens with zero attached hydrogens (tertiary/aromatic N) is 1. The van der Waals surface area contributed by atoms with Crippen molar-refractivity contribution in [1.29, 1.82) is 0 Å². The van der Waals surface area contributed by atoms with Gasteiger partial charge in [0.25, 0.3) is 0 Å². The summed E-state index contributed by atoms with van der Waals surface area (Å²) >= 11 is 3.52. The van der Waals surface area contributed by atoms with E-state index in [0.29, 0.717) is 12.4 Å². The SMILES string of the molecule is CC(c1cc(=O)c(OCc2ccccc2)co1)N1Cc2ccc(Br)cc2C1. The van der Waals surface area contributed by atoms with Gasteiger partial charge in [0.05, 0.1) is 6.04 Å². The molecule has 1 aromatic heterocycles. The molecule has 1 atom stereocenters. The lowest BCUT2D eigenvalue weighted by atomic mass is 10.1. The molecule has 0 saturated heterocycles. The number of hydrogen-bond acceptors (Lipinski definition) is 4. The molecule has 2 aromatic carbocycles. The molecule has 0 amide bonds. The van der Waals surface area contributed by atoms with Crippen LogP contribution in [0.2, 0.25) is 0 Å². The van der Waals surface area contributed by atoms with E-state index in [1.807, 2.05) is 30.3 Å². The van der Waals surface area contributed by atoms with Crippen LogP contribution in [0.25, 0.3) is 0 Å². The van der Waals surface area contributed by atoms with Crippen LogP contribution in [0.5, 0.6) is 5.75 Å². The highest BCUT2D eigenvalue weighted by molar-refractivity contribution is 9.10. The zero-order valence-corrected chi connectivity index (χ0v) is 16.6. The third kappa shape index (κ3) is 3.99. The Hall–Kier alpha value is -2.37. The van der Waals surface area contributed by atoms with E-state index in [-0.39, 0.29) is 17.2 Å². The molecule has 3 aromatic rings. The van der Waals surface area contributed by atoms with Crippen LogP contribution in [-0.2, 0) is 19.7 Å². The highest BCUT2D eigenvalue weighted by atomic mass is 79.9. The highest BCUT2D eigenvalue weighted by Gasteiger charge is 2.26. The summed E-state index contributed by atoms with van der Waals surface area (Å²) in [7, 11) is 0. The van der Waals surface area contributed by atoms with E-state index in [1.165, 1.54) is 17.4 Å². The molecule has 0 radical (unpaired) electrons. The number of fused-ring (bicyclic) bond motifs is 1. The molecule has 1 unspecified atom stereocenters. The van der Waals surface area contributed by atoms with E-state index in [4.69, 9.17) is 9.15 Å². The Labute approximate surface area is 166 Å². The van der Waals surface area contributed by atoms with E-state index in [2.05, 4.69) is 46.0 Å². The van der Waals surface area contributed by atoms with Crippen molar-refractivity contribution in [2.24, 2.45) is 0 Å². The molecule has 4 rings (SSSR count). The lowest BCUT2D eigenvalue weighted by Crippen LogP contribution is -2.22. The average Bonchev–Trinajstić information content (AvgIpc) is 3.10. The van der Waals surface area contributed by atoms with Crippen LogP contribution in [0.4, 0.5) is 0 Å². The second-order valence-electron chi connectivity index (χ2n) is 6.78. The van der Waals surface area contributed by atoms with Gasteiger partial charge < -0.3 is 9.15 Å². The number of halogens is 1. The highest BCUT2D eigenvalue weighted by Crippen LogP contribution is 2.32. The maximum atomic E-state index is 12.4. The van der Waals surface area contributed by atoms with Crippen molar-refractivity contribution in [3.8, 4) is 5.75 Å². The van der Waals surface area contributed by atoms with Crippen LogP contribution in [-0.4, -0.2) is 4.90 Å². The van der Waals surface area contributed by atoms with Crippen molar-refractivity contribution in [3.05, 3.63) is 98.0 Å². The number of ether oxygens (including phenoxy) is 1. The largest absolute Gasteiger partial charge is 0.482 e. The fourth-order valence-corrected chi connectivity index (χ4v) is 3.73. The van der Waals surface area contributed by atoms with Gasteiger partial charge in [0.15, 0.2) is 0 Å². The number of hydrogen-bond donors (Lipinski definition) is 0. The Morgan fingerprint density at radius 1 is 1.11 bits per heavy atom. The third-order valence-corrected chi connectivity index (χ3v) is 5.42. The topological polar surface area (TPSA) is 42.7 Å². The maximum Gasteiger partial charge on any atom is 0.227 e. The Morgan fingerprint density at radius 2 is 1.89 bits per heavy atom. The monoisotopic (exact) mass is 425 g/mol. The molecular weight excluding hydrogens is 406 g/mol. The summed E-state index contributed by atoms with van der Waals surface area (Å²) in [4.78, 5) is 14.7. The summed E-state index contributed by atoms with van der Waals surface area (Å²) in [6.45, 7) is 4.09. The maximum absolute atomic E-state index is 12.4. The predicted molar refractivity (Wildman–Crippen MR) is 108 cm³/mol. The van der Waals surface area contributed by atoms with Crippen molar-refractivity contribution in [3.63, 3.8) is 0 Å². The molecule has 2 heterocycles. The van der Waals surface area contributed by atoms with Crippen LogP contribution in [0.15, 0.2) is 74.5 Å². The molecule has 138 valence electrons. The van der Waals surface area contributed by atoms with Gasteiger partial charge in [-0.1, -0.05) is 52.3 Å². The van der Waals surface area contributed by atoms with Gasteiger partial charge in [-0.25, -0.2) is 0 Å². The fourth-order valence-electron chi connectivity index (χ4n) is 3.32. The van der Waals surface area contributed by atoms with E-state index >= 15 is 0 Å². The second-order valence-corrected chi connectivity index (χ2v) is 7.69.